The number of carboxylic acids is 1. The van der Waals surface area contributed by atoms with Crippen LogP contribution in [0.1, 0.15) is 62.5 Å². The van der Waals surface area contributed by atoms with Gasteiger partial charge >= 0.3 is 12.1 Å². The Kier molecular flexibility index (Phi) is 8.06. The van der Waals surface area contributed by atoms with E-state index in [1.54, 1.807) is 4.90 Å². The van der Waals surface area contributed by atoms with Crippen molar-refractivity contribution >= 4 is 18.0 Å². The summed E-state index contributed by atoms with van der Waals surface area (Å²) in [6, 6.07) is 16.2. The molecule has 4 rings (SSSR count). The van der Waals surface area contributed by atoms with Crippen LogP contribution in [0.2, 0.25) is 0 Å². The predicted molar refractivity (Wildman–Crippen MR) is 133 cm³/mol. The fraction of sp³-hybridized carbons (Fsp3) is 0.464. The Bertz CT molecular complexity index is 1020. The fourth-order valence-electron chi connectivity index (χ4n) is 5.39. The molecule has 1 fully saturated rings. The first-order valence-electron chi connectivity index (χ1n) is 12.6. The van der Waals surface area contributed by atoms with Crippen LogP contribution in [0.3, 0.4) is 0 Å². The number of amides is 2. The number of likely N-dealkylation sites (tertiary alicyclic amines) is 1. The third-order valence-electron chi connectivity index (χ3n) is 7.31. The van der Waals surface area contributed by atoms with E-state index >= 15 is 0 Å². The lowest BCUT2D eigenvalue weighted by atomic mass is 9.90. The lowest BCUT2D eigenvalue weighted by Gasteiger charge is -2.37. The van der Waals surface area contributed by atoms with Gasteiger partial charge in [-0.15, -0.1) is 0 Å². The van der Waals surface area contributed by atoms with Crippen LogP contribution >= 0.6 is 0 Å². The molecule has 2 aromatic rings. The molecule has 0 bridgehead atoms. The van der Waals surface area contributed by atoms with Crippen LogP contribution in [-0.4, -0.2) is 53.7 Å². The molecule has 1 aliphatic heterocycles. The van der Waals surface area contributed by atoms with Crippen molar-refractivity contribution in [2.45, 2.75) is 57.4 Å². The molecular weight excluding hydrogens is 444 g/mol. The average Bonchev–Trinajstić information content (AvgIpc) is 3.18. The Morgan fingerprint density at radius 3 is 2.31 bits per heavy atom. The van der Waals surface area contributed by atoms with Gasteiger partial charge in [0, 0.05) is 31.5 Å². The summed E-state index contributed by atoms with van der Waals surface area (Å²) in [6.07, 6.45) is 3.61. The molecular formula is C28H34N2O5. The van der Waals surface area contributed by atoms with E-state index in [0.717, 1.165) is 19.3 Å². The van der Waals surface area contributed by atoms with Crippen LogP contribution < -0.4 is 5.32 Å². The van der Waals surface area contributed by atoms with Gasteiger partial charge in [-0.1, -0.05) is 55.0 Å². The highest BCUT2D eigenvalue weighted by molar-refractivity contribution is 5.79. The molecule has 0 saturated carbocycles. The van der Waals surface area contributed by atoms with Gasteiger partial charge in [0.25, 0.3) is 0 Å². The summed E-state index contributed by atoms with van der Waals surface area (Å²) in [5.41, 5.74) is 4.76. The fourth-order valence-corrected chi connectivity index (χ4v) is 5.39. The van der Waals surface area contributed by atoms with Gasteiger partial charge in [0.05, 0.1) is 5.92 Å². The Labute approximate surface area is 206 Å². The number of nitrogens with zero attached hydrogens (tertiary/aromatic N) is 1. The second-order valence-corrected chi connectivity index (χ2v) is 9.48. The lowest BCUT2D eigenvalue weighted by molar-refractivity contribution is -0.149. The van der Waals surface area contributed by atoms with Gasteiger partial charge in [-0.05, 0) is 54.9 Å². The van der Waals surface area contributed by atoms with Gasteiger partial charge in [-0.2, -0.15) is 0 Å². The Morgan fingerprint density at radius 2 is 1.66 bits per heavy atom. The Balaban J connectivity index is 1.14. The van der Waals surface area contributed by atoms with E-state index in [9.17, 15) is 19.5 Å². The minimum atomic E-state index is -0.825. The van der Waals surface area contributed by atoms with Gasteiger partial charge in [-0.25, -0.2) is 4.79 Å². The number of aliphatic carboxylic acids is 1. The number of carbonyl (C=O) groups excluding carboxylic acids is 2. The summed E-state index contributed by atoms with van der Waals surface area (Å²) in [5.74, 6) is -1.24. The van der Waals surface area contributed by atoms with Gasteiger partial charge in [0.2, 0.25) is 5.91 Å². The van der Waals surface area contributed by atoms with Crippen molar-refractivity contribution in [3.05, 3.63) is 59.7 Å². The minimum absolute atomic E-state index is 0.0212. The number of hydrogen-bond acceptors (Lipinski definition) is 4. The monoisotopic (exact) mass is 478 g/mol. The van der Waals surface area contributed by atoms with Crippen molar-refractivity contribution in [3.8, 4) is 11.1 Å². The molecule has 0 aromatic heterocycles. The number of rotatable bonds is 9. The van der Waals surface area contributed by atoms with Crippen molar-refractivity contribution in [1.82, 2.24) is 10.2 Å². The normalized spacial score (nSPS) is 19.1. The topological polar surface area (TPSA) is 95.9 Å². The molecule has 7 heteroatoms. The first-order valence-corrected chi connectivity index (χ1v) is 12.6. The molecule has 0 unspecified atom stereocenters. The third kappa shape index (κ3) is 5.66. The molecule has 2 aromatic carbocycles. The van der Waals surface area contributed by atoms with Crippen LogP contribution in [-0.2, 0) is 14.3 Å². The van der Waals surface area contributed by atoms with Gasteiger partial charge < -0.3 is 20.1 Å². The molecule has 2 N–H and O–H groups in total. The van der Waals surface area contributed by atoms with Crippen molar-refractivity contribution in [1.29, 1.82) is 0 Å². The highest BCUT2D eigenvalue weighted by Gasteiger charge is 2.35. The zero-order valence-corrected chi connectivity index (χ0v) is 20.2. The second kappa shape index (κ2) is 11.4. The number of unbranched alkanes of at least 4 members (excludes halogenated alkanes) is 2. The predicted octanol–water partition coefficient (Wildman–Crippen LogP) is 4.80. The Hall–Kier alpha value is -3.35. The SMILES string of the molecule is C[C@@H]1[C@H](C(=O)O)CCCN1C(=O)CCCCCNC(=O)OCC1c2ccccc2-c2ccccc21. The molecule has 0 radical (unpaired) electrons. The van der Waals surface area contributed by atoms with Crippen molar-refractivity contribution in [2.24, 2.45) is 5.92 Å². The van der Waals surface area contributed by atoms with Gasteiger partial charge in [0.1, 0.15) is 6.61 Å². The van der Waals surface area contributed by atoms with Crippen LogP contribution in [0.25, 0.3) is 11.1 Å². The molecule has 2 amide bonds. The van der Waals surface area contributed by atoms with E-state index in [2.05, 4.69) is 29.6 Å². The molecule has 1 heterocycles. The largest absolute Gasteiger partial charge is 0.481 e. The van der Waals surface area contributed by atoms with Crippen LogP contribution in [0, 0.1) is 5.92 Å². The first-order chi connectivity index (χ1) is 17.0. The minimum Gasteiger partial charge on any atom is -0.481 e. The zero-order valence-electron chi connectivity index (χ0n) is 20.2. The smallest absolute Gasteiger partial charge is 0.407 e. The van der Waals surface area contributed by atoms with Crippen molar-refractivity contribution in [3.63, 3.8) is 0 Å². The highest BCUT2D eigenvalue weighted by atomic mass is 16.5. The molecule has 0 spiro atoms. The van der Waals surface area contributed by atoms with E-state index in [1.807, 2.05) is 31.2 Å². The summed E-state index contributed by atoms with van der Waals surface area (Å²) in [4.78, 5) is 37.9. The summed E-state index contributed by atoms with van der Waals surface area (Å²) < 4.78 is 5.55. The first kappa shape index (κ1) is 24.8. The Morgan fingerprint density at radius 1 is 1.00 bits per heavy atom. The summed E-state index contributed by atoms with van der Waals surface area (Å²) >= 11 is 0. The van der Waals surface area contributed by atoms with Crippen LogP contribution in [0.15, 0.2) is 48.5 Å². The number of ether oxygens (including phenoxy) is 1. The number of carbonyl (C=O) groups is 3. The molecule has 2 atom stereocenters. The van der Waals surface area contributed by atoms with Crippen molar-refractivity contribution in [2.75, 3.05) is 19.7 Å². The zero-order chi connectivity index (χ0) is 24.8. The molecule has 186 valence electrons. The second-order valence-electron chi connectivity index (χ2n) is 9.48. The number of carboxylic acid groups (broad SMARTS) is 1. The number of fused-ring (bicyclic) bond motifs is 3. The number of benzene rings is 2. The van der Waals surface area contributed by atoms with E-state index in [4.69, 9.17) is 4.74 Å². The van der Waals surface area contributed by atoms with E-state index in [-0.39, 0.29) is 17.9 Å². The molecule has 7 nitrogen and oxygen atoms in total. The van der Waals surface area contributed by atoms with Crippen molar-refractivity contribution < 1.29 is 24.2 Å². The third-order valence-corrected chi connectivity index (χ3v) is 7.31. The number of nitrogens with one attached hydrogen (secondary N) is 1. The summed E-state index contributed by atoms with van der Waals surface area (Å²) in [6.45, 7) is 3.24. The van der Waals surface area contributed by atoms with E-state index in [1.165, 1.54) is 22.3 Å². The molecule has 1 saturated heterocycles. The van der Waals surface area contributed by atoms with Crippen LogP contribution in [0.4, 0.5) is 4.79 Å². The number of alkyl carbamates (subject to hydrolysis) is 1. The lowest BCUT2D eigenvalue weighted by Crippen LogP contribution is -2.49. The molecule has 35 heavy (non-hydrogen) atoms. The van der Waals surface area contributed by atoms with E-state index < -0.39 is 18.0 Å². The standard InChI is InChI=1S/C28H34N2O5/c1-19-20(27(32)33)14-9-17-30(19)26(31)15-3-2-8-16-29-28(34)35-18-25-23-12-6-4-10-21(23)22-11-5-7-13-24(22)25/h4-7,10-13,19-20,25H,2-3,8-9,14-18H2,1H3,(H,29,34)(H,32,33)/t19-,20-/m1/s1. The number of hydrogen-bond donors (Lipinski definition) is 2. The van der Waals surface area contributed by atoms with Crippen LogP contribution in [0.5, 0.6) is 0 Å². The molecule has 2 aliphatic rings. The van der Waals surface area contributed by atoms with Gasteiger partial charge in [-0.3, -0.25) is 9.59 Å². The maximum atomic E-state index is 12.5. The summed E-state index contributed by atoms with van der Waals surface area (Å²) in [5, 5.41) is 12.1. The van der Waals surface area contributed by atoms with Gasteiger partial charge in [0.15, 0.2) is 0 Å². The molecule has 1 aliphatic carbocycles. The highest BCUT2D eigenvalue weighted by Crippen LogP contribution is 2.44. The summed E-state index contributed by atoms with van der Waals surface area (Å²) in [7, 11) is 0. The van der Waals surface area contributed by atoms with E-state index in [0.29, 0.717) is 39.0 Å². The quantitative estimate of drug-likeness (QED) is 0.505. The maximum absolute atomic E-state index is 12.5. The number of piperidine rings is 1. The maximum Gasteiger partial charge on any atom is 0.407 e. The average molecular weight is 479 g/mol.